The van der Waals surface area contributed by atoms with Gasteiger partial charge in [0.15, 0.2) is 0 Å². The molecule has 1 rings (SSSR count). The van der Waals surface area contributed by atoms with Gasteiger partial charge < -0.3 is 5.21 Å². The van der Waals surface area contributed by atoms with Crippen molar-refractivity contribution in [3.05, 3.63) is 0 Å². The first-order chi connectivity index (χ1) is 5.15. The molecule has 1 aliphatic rings. The molecule has 1 fully saturated rings. The van der Waals surface area contributed by atoms with Crippen molar-refractivity contribution in [2.45, 2.75) is 33.6 Å². The first-order valence-corrected chi connectivity index (χ1v) is 4.37. The van der Waals surface area contributed by atoms with Crippen molar-refractivity contribution in [1.82, 2.24) is 0 Å². The molecule has 0 heterocycles. The number of oxime groups is 1. The topological polar surface area (TPSA) is 32.6 Å². The molecule has 2 heteroatoms. The van der Waals surface area contributed by atoms with Crippen LogP contribution in [0.15, 0.2) is 5.16 Å². The summed E-state index contributed by atoms with van der Waals surface area (Å²) >= 11 is 0. The van der Waals surface area contributed by atoms with E-state index in [-0.39, 0.29) is 0 Å². The lowest BCUT2D eigenvalue weighted by Gasteiger charge is -2.29. The van der Waals surface area contributed by atoms with Crippen LogP contribution in [0.4, 0.5) is 0 Å². The minimum absolute atomic E-state index is 0.471. The molecule has 0 aliphatic heterocycles. The second-order valence-electron chi connectivity index (χ2n) is 3.90. The van der Waals surface area contributed by atoms with Crippen molar-refractivity contribution >= 4 is 5.71 Å². The Morgan fingerprint density at radius 2 is 1.64 bits per heavy atom. The first-order valence-electron chi connectivity index (χ1n) is 4.37. The summed E-state index contributed by atoms with van der Waals surface area (Å²) in [6, 6.07) is 0. The largest absolute Gasteiger partial charge is 0.411 e. The summed E-state index contributed by atoms with van der Waals surface area (Å²) in [5.74, 6) is 1.72. The molecule has 0 aromatic heterocycles. The van der Waals surface area contributed by atoms with E-state index in [2.05, 4.69) is 25.9 Å². The van der Waals surface area contributed by atoms with Crippen LogP contribution in [0.3, 0.4) is 0 Å². The zero-order chi connectivity index (χ0) is 8.43. The van der Waals surface area contributed by atoms with Gasteiger partial charge in [0.1, 0.15) is 0 Å². The van der Waals surface area contributed by atoms with E-state index in [1.165, 1.54) is 12.8 Å². The standard InChI is InChI=1S/C9H17NO/c1-6-4-7(2)9(10-11)8(3)5-6/h6-8,11H,4-5H2,1-3H3. The van der Waals surface area contributed by atoms with Gasteiger partial charge in [-0.05, 0) is 30.6 Å². The molecule has 0 bridgehead atoms. The maximum atomic E-state index is 8.71. The maximum absolute atomic E-state index is 8.71. The Morgan fingerprint density at radius 3 is 2.00 bits per heavy atom. The molecule has 0 aromatic carbocycles. The van der Waals surface area contributed by atoms with Crippen molar-refractivity contribution in [2.24, 2.45) is 22.9 Å². The van der Waals surface area contributed by atoms with E-state index in [0.717, 1.165) is 11.6 Å². The summed E-state index contributed by atoms with van der Waals surface area (Å²) in [5.41, 5.74) is 0.989. The molecule has 2 atom stereocenters. The molecule has 1 saturated carbocycles. The highest BCUT2D eigenvalue weighted by molar-refractivity contribution is 5.88. The van der Waals surface area contributed by atoms with Crippen LogP contribution in [0.1, 0.15) is 33.6 Å². The fourth-order valence-corrected chi connectivity index (χ4v) is 2.23. The summed E-state index contributed by atoms with van der Waals surface area (Å²) in [6.07, 6.45) is 2.34. The van der Waals surface area contributed by atoms with Crippen LogP contribution in [0, 0.1) is 17.8 Å². The Bertz CT molecular complexity index is 151. The van der Waals surface area contributed by atoms with E-state index >= 15 is 0 Å². The van der Waals surface area contributed by atoms with E-state index in [0.29, 0.717) is 11.8 Å². The van der Waals surface area contributed by atoms with Gasteiger partial charge in [-0.1, -0.05) is 25.9 Å². The lowest BCUT2D eigenvalue weighted by Crippen LogP contribution is -2.28. The van der Waals surface area contributed by atoms with Crippen molar-refractivity contribution in [2.75, 3.05) is 0 Å². The van der Waals surface area contributed by atoms with Gasteiger partial charge >= 0.3 is 0 Å². The Kier molecular flexibility index (Phi) is 2.53. The van der Waals surface area contributed by atoms with Gasteiger partial charge in [0.2, 0.25) is 0 Å². The zero-order valence-corrected chi connectivity index (χ0v) is 7.54. The molecule has 1 N–H and O–H groups in total. The van der Waals surface area contributed by atoms with Gasteiger partial charge in [-0.2, -0.15) is 0 Å². The Morgan fingerprint density at radius 1 is 1.18 bits per heavy atom. The van der Waals surface area contributed by atoms with E-state index < -0.39 is 0 Å². The lowest BCUT2D eigenvalue weighted by atomic mass is 9.76. The number of nitrogens with zero attached hydrogens (tertiary/aromatic N) is 1. The molecular formula is C9H17NO. The summed E-state index contributed by atoms with van der Waals surface area (Å²) in [5, 5.41) is 12.1. The first kappa shape index (κ1) is 8.57. The fraction of sp³-hybridized carbons (Fsp3) is 0.889. The van der Waals surface area contributed by atoms with Gasteiger partial charge in [0.25, 0.3) is 0 Å². The van der Waals surface area contributed by atoms with Crippen LogP contribution < -0.4 is 0 Å². The van der Waals surface area contributed by atoms with E-state index in [1.807, 2.05) is 0 Å². The average Bonchev–Trinajstić information content (AvgIpc) is 1.85. The molecule has 11 heavy (non-hydrogen) atoms. The Hall–Kier alpha value is -0.530. The Balaban J connectivity index is 2.67. The van der Waals surface area contributed by atoms with Crippen LogP contribution in [0.5, 0.6) is 0 Å². The number of rotatable bonds is 0. The number of hydrogen-bond acceptors (Lipinski definition) is 2. The van der Waals surface area contributed by atoms with E-state index in [9.17, 15) is 0 Å². The molecule has 0 spiro atoms. The molecule has 0 saturated heterocycles. The molecule has 2 unspecified atom stereocenters. The van der Waals surface area contributed by atoms with Crippen molar-refractivity contribution < 1.29 is 5.21 Å². The highest BCUT2D eigenvalue weighted by Gasteiger charge is 2.27. The van der Waals surface area contributed by atoms with Crippen LogP contribution in [-0.2, 0) is 0 Å². The number of hydrogen-bond donors (Lipinski definition) is 1. The Labute approximate surface area is 68.3 Å². The van der Waals surface area contributed by atoms with Gasteiger partial charge in [0, 0.05) is 0 Å². The lowest BCUT2D eigenvalue weighted by molar-refractivity contribution is 0.292. The molecule has 64 valence electrons. The summed E-state index contributed by atoms with van der Waals surface area (Å²) in [6.45, 7) is 6.55. The van der Waals surface area contributed by atoms with Gasteiger partial charge in [-0.15, -0.1) is 0 Å². The molecule has 0 aromatic rings. The van der Waals surface area contributed by atoms with E-state index in [1.54, 1.807) is 0 Å². The molecule has 2 nitrogen and oxygen atoms in total. The highest BCUT2D eigenvalue weighted by Crippen LogP contribution is 2.30. The average molecular weight is 155 g/mol. The minimum Gasteiger partial charge on any atom is -0.411 e. The van der Waals surface area contributed by atoms with Crippen LogP contribution >= 0.6 is 0 Å². The SMILES string of the molecule is CC1CC(C)C(=NO)C(C)C1. The molecule has 0 amide bonds. The summed E-state index contributed by atoms with van der Waals surface area (Å²) in [7, 11) is 0. The second-order valence-corrected chi connectivity index (χ2v) is 3.90. The third-order valence-corrected chi connectivity index (χ3v) is 2.64. The monoisotopic (exact) mass is 155 g/mol. The quantitative estimate of drug-likeness (QED) is 0.423. The molecular weight excluding hydrogens is 138 g/mol. The van der Waals surface area contributed by atoms with Crippen LogP contribution in [0.2, 0.25) is 0 Å². The molecule has 1 aliphatic carbocycles. The van der Waals surface area contributed by atoms with E-state index in [4.69, 9.17) is 5.21 Å². The molecule has 0 radical (unpaired) electrons. The maximum Gasteiger partial charge on any atom is 0.0627 e. The van der Waals surface area contributed by atoms with Crippen LogP contribution in [-0.4, -0.2) is 10.9 Å². The van der Waals surface area contributed by atoms with Crippen molar-refractivity contribution in [1.29, 1.82) is 0 Å². The fourth-order valence-electron chi connectivity index (χ4n) is 2.23. The normalized spacial score (nSPS) is 38.8. The van der Waals surface area contributed by atoms with Gasteiger partial charge in [0.05, 0.1) is 5.71 Å². The zero-order valence-electron chi connectivity index (χ0n) is 7.54. The van der Waals surface area contributed by atoms with Gasteiger partial charge in [-0.3, -0.25) is 0 Å². The predicted molar refractivity (Wildman–Crippen MR) is 45.9 cm³/mol. The summed E-state index contributed by atoms with van der Waals surface area (Å²) < 4.78 is 0. The summed E-state index contributed by atoms with van der Waals surface area (Å²) in [4.78, 5) is 0. The smallest absolute Gasteiger partial charge is 0.0627 e. The van der Waals surface area contributed by atoms with Crippen molar-refractivity contribution in [3.8, 4) is 0 Å². The van der Waals surface area contributed by atoms with Crippen molar-refractivity contribution in [3.63, 3.8) is 0 Å². The predicted octanol–water partition coefficient (Wildman–Crippen LogP) is 2.52. The third-order valence-electron chi connectivity index (χ3n) is 2.64. The van der Waals surface area contributed by atoms with Gasteiger partial charge in [-0.25, -0.2) is 0 Å². The highest BCUT2D eigenvalue weighted by atomic mass is 16.4. The third kappa shape index (κ3) is 1.73. The minimum atomic E-state index is 0.471. The van der Waals surface area contributed by atoms with Crippen LogP contribution in [0.25, 0.3) is 0 Å². The second kappa shape index (κ2) is 3.24.